The fourth-order valence-electron chi connectivity index (χ4n) is 13.1. The number of aliphatic hydroxyl groups excluding tert-OH is 1. The molecule has 0 bridgehead atoms. The lowest BCUT2D eigenvalue weighted by molar-refractivity contribution is -0.161. The molecule has 612 valence electrons. The normalized spacial score (nSPS) is 13.9. The van der Waals surface area contributed by atoms with Gasteiger partial charge in [0.05, 0.1) is 26.4 Å². The van der Waals surface area contributed by atoms with Gasteiger partial charge >= 0.3 is 39.5 Å². The molecular formula is C84H164O17P2. The van der Waals surface area contributed by atoms with E-state index in [4.69, 9.17) is 37.0 Å². The van der Waals surface area contributed by atoms with Crippen LogP contribution in [0, 0.1) is 11.8 Å². The summed E-state index contributed by atoms with van der Waals surface area (Å²) in [6, 6.07) is 0. The van der Waals surface area contributed by atoms with Gasteiger partial charge in [0.25, 0.3) is 0 Å². The van der Waals surface area contributed by atoms with Crippen LogP contribution in [-0.2, 0) is 65.4 Å². The molecule has 0 aliphatic carbocycles. The lowest BCUT2D eigenvalue weighted by Gasteiger charge is -2.21. The molecular weight excluding hydrogens is 1340 g/mol. The lowest BCUT2D eigenvalue weighted by atomic mass is 10.0. The molecule has 0 spiro atoms. The van der Waals surface area contributed by atoms with Crippen molar-refractivity contribution in [1.29, 1.82) is 0 Å². The number of hydrogen-bond acceptors (Lipinski definition) is 15. The molecule has 5 atom stereocenters. The zero-order chi connectivity index (χ0) is 75.6. The Kier molecular flexibility index (Phi) is 74.1. The summed E-state index contributed by atoms with van der Waals surface area (Å²) >= 11 is 0. The van der Waals surface area contributed by atoms with Gasteiger partial charge in [-0.05, 0) is 37.5 Å². The van der Waals surface area contributed by atoms with Gasteiger partial charge in [-0.2, -0.15) is 0 Å². The maximum absolute atomic E-state index is 13.1. The highest BCUT2D eigenvalue weighted by atomic mass is 31.2. The number of esters is 4. The van der Waals surface area contributed by atoms with Crippen LogP contribution in [0.1, 0.15) is 446 Å². The van der Waals surface area contributed by atoms with E-state index in [9.17, 15) is 43.2 Å². The van der Waals surface area contributed by atoms with Crippen molar-refractivity contribution in [2.45, 2.75) is 464 Å². The van der Waals surface area contributed by atoms with Gasteiger partial charge in [-0.1, -0.05) is 395 Å². The third kappa shape index (κ3) is 78.0. The smallest absolute Gasteiger partial charge is 0.462 e. The van der Waals surface area contributed by atoms with Crippen LogP contribution in [0.3, 0.4) is 0 Å². The van der Waals surface area contributed by atoms with Crippen LogP contribution < -0.4 is 0 Å². The van der Waals surface area contributed by atoms with E-state index < -0.39 is 97.5 Å². The monoisotopic (exact) mass is 1510 g/mol. The Morgan fingerprint density at radius 2 is 0.447 bits per heavy atom. The third-order valence-electron chi connectivity index (χ3n) is 19.7. The molecule has 0 saturated heterocycles. The molecule has 0 heterocycles. The van der Waals surface area contributed by atoms with Crippen molar-refractivity contribution in [1.82, 2.24) is 0 Å². The number of rotatable bonds is 83. The maximum atomic E-state index is 13.1. The fourth-order valence-corrected chi connectivity index (χ4v) is 14.6. The van der Waals surface area contributed by atoms with E-state index in [0.717, 1.165) is 102 Å². The molecule has 0 rings (SSSR count). The molecule has 0 fully saturated rings. The Labute approximate surface area is 632 Å². The van der Waals surface area contributed by atoms with Crippen molar-refractivity contribution in [3.8, 4) is 0 Å². The SMILES string of the molecule is CCCCCCCCCCCCCCCCCCCCCCC(=O)O[C@H](COC(=O)CCCCCCCCCCCCCCCCC(C)C)COP(=O)(O)OC[C@@H](O)COP(=O)(O)OC[C@@H](COC(=O)CCCCCCCCCCCCCC)OC(=O)CCCCCCCCCCCCCC(C)C. The van der Waals surface area contributed by atoms with Gasteiger partial charge in [0.1, 0.15) is 19.3 Å². The fraction of sp³-hybridized carbons (Fsp3) is 0.952. The van der Waals surface area contributed by atoms with Crippen LogP contribution in [0.2, 0.25) is 0 Å². The van der Waals surface area contributed by atoms with Gasteiger partial charge in [0.15, 0.2) is 12.2 Å². The van der Waals surface area contributed by atoms with Gasteiger partial charge in [-0.3, -0.25) is 37.3 Å². The predicted molar refractivity (Wildman–Crippen MR) is 423 cm³/mol. The summed E-state index contributed by atoms with van der Waals surface area (Å²) in [5.74, 6) is -0.539. The van der Waals surface area contributed by atoms with E-state index in [1.54, 1.807) is 0 Å². The Morgan fingerprint density at radius 3 is 0.660 bits per heavy atom. The molecule has 2 unspecified atom stereocenters. The van der Waals surface area contributed by atoms with E-state index in [0.29, 0.717) is 25.7 Å². The Hall–Kier alpha value is -1.94. The van der Waals surface area contributed by atoms with Crippen LogP contribution in [0.15, 0.2) is 0 Å². The lowest BCUT2D eigenvalue weighted by Crippen LogP contribution is -2.30. The number of phosphoric acid groups is 2. The number of ether oxygens (including phenoxy) is 4. The Bertz CT molecular complexity index is 1980. The molecule has 19 heteroatoms. The van der Waals surface area contributed by atoms with Crippen molar-refractivity contribution in [2.75, 3.05) is 39.6 Å². The minimum absolute atomic E-state index is 0.107. The largest absolute Gasteiger partial charge is 0.472 e. The minimum atomic E-state index is -4.96. The predicted octanol–water partition coefficient (Wildman–Crippen LogP) is 25.5. The molecule has 3 N–H and O–H groups in total. The maximum Gasteiger partial charge on any atom is 0.472 e. The highest BCUT2D eigenvalue weighted by Crippen LogP contribution is 2.45. The highest BCUT2D eigenvalue weighted by Gasteiger charge is 2.30. The molecule has 0 aliphatic rings. The molecule has 0 radical (unpaired) electrons. The molecule has 0 saturated carbocycles. The topological polar surface area (TPSA) is 237 Å². The molecule has 103 heavy (non-hydrogen) atoms. The summed E-state index contributed by atoms with van der Waals surface area (Å²) in [4.78, 5) is 73.2. The second-order valence-electron chi connectivity index (χ2n) is 31.2. The summed E-state index contributed by atoms with van der Waals surface area (Å²) in [6.45, 7) is 9.68. The first kappa shape index (κ1) is 101. The van der Waals surface area contributed by atoms with Gasteiger partial charge in [0.2, 0.25) is 0 Å². The number of carbonyl (C=O) groups is 4. The van der Waals surface area contributed by atoms with Crippen molar-refractivity contribution in [2.24, 2.45) is 11.8 Å². The van der Waals surface area contributed by atoms with Gasteiger partial charge in [-0.15, -0.1) is 0 Å². The second-order valence-corrected chi connectivity index (χ2v) is 34.1. The Morgan fingerprint density at radius 1 is 0.262 bits per heavy atom. The number of phosphoric ester groups is 2. The van der Waals surface area contributed by atoms with Crippen molar-refractivity contribution in [3.63, 3.8) is 0 Å². The molecule has 0 aromatic rings. The van der Waals surface area contributed by atoms with Crippen molar-refractivity contribution >= 4 is 39.5 Å². The average Bonchev–Trinajstić information content (AvgIpc) is 0.908. The quantitative estimate of drug-likeness (QED) is 0.0222. The average molecular weight is 1510 g/mol. The number of carbonyl (C=O) groups excluding carboxylic acids is 4. The van der Waals surface area contributed by atoms with E-state index in [1.165, 1.54) is 263 Å². The molecule has 0 aliphatic heterocycles. The summed E-state index contributed by atoms with van der Waals surface area (Å²) in [5, 5.41) is 10.7. The van der Waals surface area contributed by atoms with Crippen LogP contribution in [0.25, 0.3) is 0 Å². The van der Waals surface area contributed by atoms with E-state index in [-0.39, 0.29) is 25.7 Å². The van der Waals surface area contributed by atoms with Crippen molar-refractivity contribution in [3.05, 3.63) is 0 Å². The Balaban J connectivity index is 5.25. The first-order chi connectivity index (χ1) is 49.9. The highest BCUT2D eigenvalue weighted by molar-refractivity contribution is 7.47. The van der Waals surface area contributed by atoms with E-state index in [2.05, 4.69) is 41.5 Å². The van der Waals surface area contributed by atoms with Gasteiger partial charge < -0.3 is 33.8 Å². The number of unbranched alkanes of at least 4 members (excludes halogenated alkanes) is 53. The van der Waals surface area contributed by atoms with Gasteiger partial charge in [0, 0.05) is 25.7 Å². The second kappa shape index (κ2) is 75.5. The van der Waals surface area contributed by atoms with Crippen LogP contribution >= 0.6 is 15.6 Å². The zero-order valence-electron chi connectivity index (χ0n) is 67.6. The van der Waals surface area contributed by atoms with Crippen LogP contribution in [-0.4, -0.2) is 96.7 Å². The standard InChI is InChI=1S/C84H164O17P2/c1-7-9-11-13-15-17-19-21-22-23-24-25-26-27-32-38-44-50-56-62-68-83(88)100-79(73-95-82(87)67-61-55-49-43-37-31-29-28-30-34-40-46-52-58-64-76(3)4)74-98-102(90,91)96-70-78(85)71-97-103(92,93)99-75-80(72-94-81(86)66-60-54-48-42-36-20-18-16-14-12-10-8-2)101-84(89)69-63-57-51-45-39-33-35-41-47-53-59-65-77(5)6/h76-80,85H,7-75H2,1-6H3,(H,90,91)(H,92,93)/t78-,79-,80-/m1/s1. The molecule has 17 nitrogen and oxygen atoms in total. The van der Waals surface area contributed by atoms with Crippen molar-refractivity contribution < 1.29 is 80.2 Å². The van der Waals surface area contributed by atoms with E-state index in [1.807, 2.05) is 0 Å². The first-order valence-corrected chi connectivity index (χ1v) is 46.5. The molecule has 0 aromatic carbocycles. The molecule has 0 amide bonds. The number of hydrogen-bond donors (Lipinski definition) is 3. The van der Waals surface area contributed by atoms with Crippen LogP contribution in [0.4, 0.5) is 0 Å². The summed E-state index contributed by atoms with van der Waals surface area (Å²) in [7, 11) is -9.92. The summed E-state index contributed by atoms with van der Waals surface area (Å²) in [5.41, 5.74) is 0. The summed E-state index contributed by atoms with van der Waals surface area (Å²) < 4.78 is 68.8. The van der Waals surface area contributed by atoms with E-state index >= 15 is 0 Å². The summed E-state index contributed by atoms with van der Waals surface area (Å²) in [6.07, 6.45) is 66.5. The minimum Gasteiger partial charge on any atom is -0.462 e. The first-order valence-electron chi connectivity index (χ1n) is 43.5. The van der Waals surface area contributed by atoms with Gasteiger partial charge in [-0.25, -0.2) is 9.13 Å². The molecule has 0 aromatic heterocycles. The third-order valence-corrected chi connectivity index (χ3v) is 21.6. The number of aliphatic hydroxyl groups is 1. The van der Waals surface area contributed by atoms with Crippen LogP contribution in [0.5, 0.6) is 0 Å². The zero-order valence-corrected chi connectivity index (χ0v) is 69.4.